The zero-order valence-electron chi connectivity index (χ0n) is 21.1. The van der Waals surface area contributed by atoms with Crippen LogP contribution in [0.15, 0.2) is 18.2 Å². The van der Waals surface area contributed by atoms with E-state index in [1.165, 1.54) is 6.92 Å². The lowest BCUT2D eigenvalue weighted by molar-refractivity contribution is -0.137. The Bertz CT molecular complexity index is 1180. The van der Waals surface area contributed by atoms with E-state index in [9.17, 15) is 27.2 Å². The van der Waals surface area contributed by atoms with E-state index < -0.39 is 29.6 Å². The first-order chi connectivity index (χ1) is 17.4. The van der Waals surface area contributed by atoms with Crippen molar-refractivity contribution in [1.29, 1.82) is 0 Å². The monoisotopic (exact) mass is 522 g/mol. The molecule has 1 amide bonds. The Hall–Kier alpha value is -3.28. The van der Waals surface area contributed by atoms with Crippen molar-refractivity contribution in [2.75, 3.05) is 36.4 Å². The molecule has 0 saturated carbocycles. The van der Waals surface area contributed by atoms with Crippen LogP contribution in [0.2, 0.25) is 0 Å². The summed E-state index contributed by atoms with van der Waals surface area (Å²) < 4.78 is 53.9. The van der Waals surface area contributed by atoms with Gasteiger partial charge in [-0.25, -0.2) is 9.37 Å². The van der Waals surface area contributed by atoms with Crippen LogP contribution < -0.4 is 10.2 Å². The third-order valence-corrected chi connectivity index (χ3v) is 6.91. The molecule has 1 unspecified atom stereocenters. The Kier molecular flexibility index (Phi) is 7.40. The maximum Gasteiger partial charge on any atom is 0.416 e. The zero-order chi connectivity index (χ0) is 27.1. The maximum absolute atomic E-state index is 14.1. The second kappa shape index (κ2) is 10.2. The summed E-state index contributed by atoms with van der Waals surface area (Å²) in [6.45, 7) is 9.40. The topological polar surface area (TPSA) is 81.7 Å². The van der Waals surface area contributed by atoms with E-state index in [2.05, 4.69) is 5.32 Å². The number of nitrogens with zero attached hydrogens (tertiary/aromatic N) is 5. The molecule has 8 nitrogen and oxygen atoms in total. The van der Waals surface area contributed by atoms with Gasteiger partial charge in [0.1, 0.15) is 24.0 Å². The zero-order valence-corrected chi connectivity index (χ0v) is 21.1. The van der Waals surface area contributed by atoms with E-state index in [4.69, 9.17) is 9.97 Å². The van der Waals surface area contributed by atoms with E-state index in [1.807, 2.05) is 23.6 Å². The summed E-state index contributed by atoms with van der Waals surface area (Å²) in [5.74, 6) is -0.256. The number of hydrogen-bond acceptors (Lipinski definition) is 7. The van der Waals surface area contributed by atoms with Gasteiger partial charge in [0, 0.05) is 51.3 Å². The molecule has 1 N–H and O–H groups in total. The third-order valence-electron chi connectivity index (χ3n) is 6.91. The van der Waals surface area contributed by atoms with Crippen molar-refractivity contribution in [3.05, 3.63) is 46.4 Å². The van der Waals surface area contributed by atoms with Gasteiger partial charge in [-0.15, -0.1) is 0 Å². The SMILES string of the molecule is CC(=O)N1CCN(c2nc(NC(C)c3cc(F)cc(C(F)(F)F)c3)c3c(n2)[C@H](C=O)N(C(C)C)C3)CC1. The minimum Gasteiger partial charge on any atom is -0.363 e. The molecule has 2 atom stereocenters. The number of rotatable bonds is 6. The van der Waals surface area contributed by atoms with Gasteiger partial charge in [-0.1, -0.05) is 0 Å². The fourth-order valence-electron chi connectivity index (χ4n) is 4.77. The maximum atomic E-state index is 14.1. The number of amides is 1. The molecule has 0 aliphatic carbocycles. The molecular weight excluding hydrogens is 492 g/mol. The van der Waals surface area contributed by atoms with Gasteiger partial charge < -0.3 is 19.9 Å². The van der Waals surface area contributed by atoms with Gasteiger partial charge in [0.05, 0.1) is 17.3 Å². The highest BCUT2D eigenvalue weighted by atomic mass is 19.4. The van der Waals surface area contributed by atoms with Gasteiger partial charge >= 0.3 is 6.18 Å². The van der Waals surface area contributed by atoms with Crippen LogP contribution in [-0.4, -0.2) is 64.2 Å². The second-order valence-corrected chi connectivity index (χ2v) is 9.71. The molecule has 2 aromatic rings. The number of halogens is 4. The number of nitrogens with one attached hydrogen (secondary N) is 1. The molecule has 1 aromatic heterocycles. The van der Waals surface area contributed by atoms with Gasteiger partial charge in [-0.3, -0.25) is 9.69 Å². The molecule has 200 valence electrons. The molecule has 2 aliphatic heterocycles. The molecule has 12 heteroatoms. The number of aromatic nitrogens is 2. The van der Waals surface area contributed by atoms with Crippen molar-refractivity contribution in [2.45, 2.75) is 58.5 Å². The van der Waals surface area contributed by atoms with Crippen molar-refractivity contribution >= 4 is 24.0 Å². The van der Waals surface area contributed by atoms with Crippen LogP contribution in [0.3, 0.4) is 0 Å². The van der Waals surface area contributed by atoms with Gasteiger partial charge in [0.25, 0.3) is 0 Å². The predicted molar refractivity (Wildman–Crippen MR) is 129 cm³/mol. The molecule has 3 heterocycles. The summed E-state index contributed by atoms with van der Waals surface area (Å²) in [6.07, 6.45) is -3.86. The Balaban J connectivity index is 1.71. The number of alkyl halides is 3. The highest BCUT2D eigenvalue weighted by Gasteiger charge is 2.37. The highest BCUT2D eigenvalue weighted by molar-refractivity contribution is 5.73. The molecule has 0 bridgehead atoms. The quantitative estimate of drug-likeness (QED) is 0.455. The van der Waals surface area contributed by atoms with E-state index in [0.717, 1.165) is 18.4 Å². The van der Waals surface area contributed by atoms with Crippen LogP contribution in [0, 0.1) is 5.82 Å². The average Bonchev–Trinajstić information content (AvgIpc) is 3.22. The fraction of sp³-hybridized carbons (Fsp3) is 0.520. The summed E-state index contributed by atoms with van der Waals surface area (Å²) in [5.41, 5.74) is 0.255. The molecule has 37 heavy (non-hydrogen) atoms. The molecule has 0 spiro atoms. The largest absolute Gasteiger partial charge is 0.416 e. The van der Waals surface area contributed by atoms with Crippen molar-refractivity contribution in [3.63, 3.8) is 0 Å². The standard InChI is InChI=1S/C25H30F4N6O2/c1-14(2)35-12-20-22(21(35)13-36)31-24(34-7-5-33(6-8-34)16(4)37)32-23(20)30-15(3)17-9-18(25(27,28)29)11-19(26)10-17/h9-11,13-15,21H,5-8,12H2,1-4H3,(H,30,31,32)/t15?,21-/m0/s1. The lowest BCUT2D eigenvalue weighted by Crippen LogP contribution is -2.48. The Labute approximate surface area is 212 Å². The number of hydrogen-bond donors (Lipinski definition) is 1. The minimum absolute atomic E-state index is 0.0207. The number of aldehydes is 1. The Morgan fingerprint density at radius 1 is 1.11 bits per heavy atom. The first-order valence-corrected chi connectivity index (χ1v) is 12.2. The lowest BCUT2D eigenvalue weighted by Gasteiger charge is -2.34. The van der Waals surface area contributed by atoms with Crippen LogP contribution >= 0.6 is 0 Å². The van der Waals surface area contributed by atoms with Gasteiger partial charge in [0.15, 0.2) is 0 Å². The summed E-state index contributed by atoms with van der Waals surface area (Å²) in [5, 5.41) is 3.16. The number of piperazine rings is 1. The summed E-state index contributed by atoms with van der Waals surface area (Å²) >= 11 is 0. The van der Waals surface area contributed by atoms with E-state index in [-0.39, 0.29) is 17.5 Å². The molecule has 2 aliphatic rings. The number of fused-ring (bicyclic) bond motifs is 1. The van der Waals surface area contributed by atoms with Crippen molar-refractivity contribution in [1.82, 2.24) is 19.8 Å². The summed E-state index contributed by atoms with van der Waals surface area (Å²) in [7, 11) is 0. The van der Waals surface area contributed by atoms with Crippen LogP contribution in [0.25, 0.3) is 0 Å². The third kappa shape index (κ3) is 5.53. The van der Waals surface area contributed by atoms with E-state index in [1.54, 1.807) is 11.8 Å². The van der Waals surface area contributed by atoms with Crippen molar-refractivity contribution in [2.24, 2.45) is 0 Å². The van der Waals surface area contributed by atoms with Crippen molar-refractivity contribution < 1.29 is 27.2 Å². The number of carbonyl (C=O) groups is 2. The predicted octanol–water partition coefficient (Wildman–Crippen LogP) is 3.94. The number of benzene rings is 1. The highest BCUT2D eigenvalue weighted by Crippen LogP contribution is 2.39. The minimum atomic E-state index is -4.68. The molecule has 1 saturated heterocycles. The number of carbonyl (C=O) groups excluding carboxylic acids is 2. The normalized spacial score (nSPS) is 19.2. The lowest BCUT2D eigenvalue weighted by atomic mass is 10.0. The van der Waals surface area contributed by atoms with Crippen molar-refractivity contribution in [3.8, 4) is 0 Å². The summed E-state index contributed by atoms with van der Waals surface area (Å²) in [4.78, 5) is 38.8. The first kappa shape index (κ1) is 26.8. The van der Waals surface area contributed by atoms with Gasteiger partial charge in [-0.2, -0.15) is 18.2 Å². The second-order valence-electron chi connectivity index (χ2n) is 9.71. The van der Waals surface area contributed by atoms with Gasteiger partial charge in [0.2, 0.25) is 11.9 Å². The van der Waals surface area contributed by atoms with Crippen LogP contribution in [0.4, 0.5) is 29.3 Å². The average molecular weight is 523 g/mol. The Morgan fingerprint density at radius 2 is 1.78 bits per heavy atom. The van der Waals surface area contributed by atoms with Crippen LogP contribution in [0.5, 0.6) is 0 Å². The smallest absolute Gasteiger partial charge is 0.363 e. The molecular formula is C25H30F4N6O2. The number of anilines is 2. The fourth-order valence-corrected chi connectivity index (χ4v) is 4.77. The molecule has 0 radical (unpaired) electrons. The first-order valence-electron chi connectivity index (χ1n) is 12.2. The molecule has 4 rings (SSSR count). The van der Waals surface area contributed by atoms with Crippen LogP contribution in [0.1, 0.15) is 62.2 Å². The van der Waals surface area contributed by atoms with E-state index in [0.29, 0.717) is 61.8 Å². The van der Waals surface area contributed by atoms with Gasteiger partial charge in [-0.05, 0) is 44.5 Å². The Morgan fingerprint density at radius 3 is 2.35 bits per heavy atom. The molecule has 1 fully saturated rings. The van der Waals surface area contributed by atoms with Crippen LogP contribution in [-0.2, 0) is 22.3 Å². The molecule has 1 aromatic carbocycles. The summed E-state index contributed by atoms with van der Waals surface area (Å²) in [6, 6.07) is 1.14. The van der Waals surface area contributed by atoms with E-state index >= 15 is 0 Å².